The molecule has 0 bridgehead atoms. The number of hydrogen-bond acceptors (Lipinski definition) is 6. The first-order valence-corrected chi connectivity index (χ1v) is 10.1. The molecule has 0 unspecified atom stereocenters. The first-order chi connectivity index (χ1) is 15.3. The third-order valence-corrected chi connectivity index (χ3v) is 5.35. The van der Waals surface area contributed by atoms with Gasteiger partial charge in [-0.1, -0.05) is 6.92 Å². The van der Waals surface area contributed by atoms with Gasteiger partial charge in [-0.15, -0.1) is 4.80 Å². The van der Waals surface area contributed by atoms with Crippen LogP contribution in [0.5, 0.6) is 5.88 Å². The van der Waals surface area contributed by atoms with E-state index in [4.69, 9.17) is 4.74 Å². The average Bonchev–Trinajstić information content (AvgIpc) is 3.32. The number of aromatic nitrogens is 5. The van der Waals surface area contributed by atoms with Gasteiger partial charge in [0.1, 0.15) is 12.3 Å². The van der Waals surface area contributed by atoms with Crippen LogP contribution in [0.3, 0.4) is 0 Å². The number of likely N-dealkylation sites (tertiary alicyclic amines) is 1. The van der Waals surface area contributed by atoms with E-state index in [1.165, 1.54) is 23.4 Å². The van der Waals surface area contributed by atoms with Gasteiger partial charge in [-0.05, 0) is 37.0 Å². The molecule has 32 heavy (non-hydrogen) atoms. The van der Waals surface area contributed by atoms with Gasteiger partial charge in [0.15, 0.2) is 5.69 Å². The summed E-state index contributed by atoms with van der Waals surface area (Å²) in [6.07, 6.45) is 2.54. The largest absolute Gasteiger partial charge is 0.475 e. The Bertz CT molecular complexity index is 1070. The number of rotatable bonds is 5. The molecule has 0 radical (unpaired) electrons. The molecule has 1 aliphatic heterocycles. The minimum Gasteiger partial charge on any atom is -0.475 e. The maximum atomic E-state index is 13.4. The van der Waals surface area contributed by atoms with Crippen LogP contribution in [0.15, 0.2) is 49.1 Å². The summed E-state index contributed by atoms with van der Waals surface area (Å²) in [7, 11) is 0. The van der Waals surface area contributed by atoms with E-state index >= 15 is 0 Å². The molecule has 3 aromatic rings. The molecule has 8 nitrogen and oxygen atoms in total. The van der Waals surface area contributed by atoms with Gasteiger partial charge < -0.3 is 9.64 Å². The Morgan fingerprint density at radius 3 is 2.69 bits per heavy atom. The third-order valence-electron chi connectivity index (χ3n) is 5.35. The van der Waals surface area contributed by atoms with Crippen LogP contribution in [0, 0.1) is 5.92 Å². The molecule has 4 heterocycles. The van der Waals surface area contributed by atoms with E-state index in [1.54, 1.807) is 17.0 Å². The van der Waals surface area contributed by atoms with Gasteiger partial charge in [0.25, 0.3) is 5.91 Å². The van der Waals surface area contributed by atoms with Gasteiger partial charge in [0.2, 0.25) is 5.88 Å². The lowest BCUT2D eigenvalue weighted by Crippen LogP contribution is -2.49. The highest BCUT2D eigenvalue weighted by molar-refractivity contribution is 5.96. The molecule has 0 aliphatic carbocycles. The van der Waals surface area contributed by atoms with Crippen molar-refractivity contribution in [1.29, 1.82) is 0 Å². The Balaban J connectivity index is 1.54. The lowest BCUT2D eigenvalue weighted by molar-refractivity contribution is -0.137. The number of amides is 1. The van der Waals surface area contributed by atoms with Crippen molar-refractivity contribution in [2.75, 3.05) is 13.2 Å². The van der Waals surface area contributed by atoms with E-state index in [0.717, 1.165) is 24.8 Å². The highest BCUT2D eigenvalue weighted by Crippen LogP contribution is 2.31. The summed E-state index contributed by atoms with van der Waals surface area (Å²) in [5, 5.41) is 8.16. The smallest absolute Gasteiger partial charge is 0.416 e. The molecule has 0 saturated carbocycles. The highest BCUT2D eigenvalue weighted by atomic mass is 19.4. The molecule has 1 fully saturated rings. The second kappa shape index (κ2) is 8.93. The first-order valence-electron chi connectivity index (χ1n) is 10.1. The molecule has 3 aromatic heterocycles. The van der Waals surface area contributed by atoms with Gasteiger partial charge in [-0.2, -0.15) is 23.4 Å². The molecule has 0 N–H and O–H groups in total. The number of ether oxygens (including phenoxy) is 1. The zero-order chi connectivity index (χ0) is 22.7. The van der Waals surface area contributed by atoms with Crippen LogP contribution in [0.1, 0.15) is 35.8 Å². The van der Waals surface area contributed by atoms with E-state index in [1.807, 2.05) is 0 Å². The van der Waals surface area contributed by atoms with Crippen molar-refractivity contribution in [2.45, 2.75) is 32.0 Å². The van der Waals surface area contributed by atoms with E-state index < -0.39 is 11.7 Å². The van der Waals surface area contributed by atoms with E-state index in [0.29, 0.717) is 24.6 Å². The number of piperidine rings is 1. The fourth-order valence-corrected chi connectivity index (χ4v) is 3.72. The fourth-order valence-electron chi connectivity index (χ4n) is 3.72. The van der Waals surface area contributed by atoms with Crippen LogP contribution >= 0.6 is 0 Å². The Kier molecular flexibility index (Phi) is 6.06. The Hall–Kier alpha value is -3.50. The summed E-state index contributed by atoms with van der Waals surface area (Å²) < 4.78 is 44.5. The topological polar surface area (TPSA) is 86.0 Å². The highest BCUT2D eigenvalue weighted by Gasteiger charge is 2.34. The molecule has 168 valence electrons. The number of nitrogens with zero attached hydrogens (tertiary/aromatic N) is 6. The van der Waals surface area contributed by atoms with Crippen LogP contribution < -0.4 is 4.74 Å². The van der Waals surface area contributed by atoms with Crippen molar-refractivity contribution in [1.82, 2.24) is 29.9 Å². The number of alkyl halides is 3. The van der Waals surface area contributed by atoms with Crippen molar-refractivity contribution >= 4 is 5.91 Å². The number of pyridine rings is 2. The monoisotopic (exact) mass is 446 g/mol. The van der Waals surface area contributed by atoms with Crippen LogP contribution in [-0.2, 0) is 6.18 Å². The maximum Gasteiger partial charge on any atom is 0.416 e. The van der Waals surface area contributed by atoms with Gasteiger partial charge in [0, 0.05) is 25.0 Å². The second-order valence-corrected chi connectivity index (χ2v) is 7.66. The van der Waals surface area contributed by atoms with Crippen molar-refractivity contribution in [3.05, 3.63) is 60.3 Å². The summed E-state index contributed by atoms with van der Waals surface area (Å²) in [5.74, 6) is -0.113. The summed E-state index contributed by atoms with van der Waals surface area (Å²) >= 11 is 0. The normalized spacial score (nSPS) is 19.1. The lowest BCUT2D eigenvalue weighted by atomic mass is 9.92. The minimum atomic E-state index is -4.49. The molecule has 11 heteroatoms. The molecule has 0 aromatic carbocycles. The van der Waals surface area contributed by atoms with Gasteiger partial charge in [-0.25, -0.2) is 9.97 Å². The van der Waals surface area contributed by atoms with Crippen LogP contribution in [0.25, 0.3) is 5.69 Å². The molecule has 1 amide bonds. The van der Waals surface area contributed by atoms with E-state index in [9.17, 15) is 18.0 Å². The molecule has 4 rings (SSSR count). The summed E-state index contributed by atoms with van der Waals surface area (Å²) in [6.45, 7) is 2.57. The predicted molar refractivity (Wildman–Crippen MR) is 107 cm³/mol. The molecular formula is C21H21F3N6O2. The lowest BCUT2D eigenvalue weighted by Gasteiger charge is -2.38. The number of hydrogen-bond donors (Lipinski definition) is 0. The first kappa shape index (κ1) is 21.7. The van der Waals surface area contributed by atoms with Crippen molar-refractivity contribution in [3.63, 3.8) is 0 Å². The Morgan fingerprint density at radius 1 is 1.16 bits per heavy atom. The minimum absolute atomic E-state index is 0.0204. The van der Waals surface area contributed by atoms with Crippen molar-refractivity contribution in [3.8, 4) is 11.6 Å². The predicted octanol–water partition coefficient (Wildman–Crippen LogP) is 3.40. The zero-order valence-corrected chi connectivity index (χ0v) is 17.2. The quantitative estimate of drug-likeness (QED) is 0.597. The number of halogens is 3. The third kappa shape index (κ3) is 4.71. The number of carbonyl (C=O) groups is 1. The van der Waals surface area contributed by atoms with Crippen molar-refractivity contribution in [2.24, 2.45) is 5.92 Å². The Labute approximate surface area is 182 Å². The average molecular weight is 446 g/mol. The summed E-state index contributed by atoms with van der Waals surface area (Å²) in [4.78, 5) is 24.5. The maximum absolute atomic E-state index is 13.4. The SMILES string of the molecule is C[C@H]1CCN(C(=O)c2ncccc2-n2nccn2)[C@H](COc2cc(C(F)(F)F)ccn2)C1. The van der Waals surface area contributed by atoms with E-state index in [2.05, 4.69) is 27.1 Å². The van der Waals surface area contributed by atoms with Crippen LogP contribution in [-0.4, -0.2) is 55.0 Å². The molecule has 0 spiro atoms. The van der Waals surface area contributed by atoms with E-state index in [-0.39, 0.29) is 30.1 Å². The molecule has 1 aliphatic rings. The summed E-state index contributed by atoms with van der Waals surface area (Å²) in [5.41, 5.74) is -0.196. The van der Waals surface area contributed by atoms with Crippen LogP contribution in [0.2, 0.25) is 0 Å². The summed E-state index contributed by atoms with van der Waals surface area (Å²) in [6, 6.07) is 4.79. The number of carbonyl (C=O) groups excluding carboxylic acids is 1. The molecule has 1 saturated heterocycles. The van der Waals surface area contributed by atoms with Gasteiger partial charge in [0.05, 0.1) is 24.0 Å². The van der Waals surface area contributed by atoms with Gasteiger partial charge in [-0.3, -0.25) is 4.79 Å². The van der Waals surface area contributed by atoms with Gasteiger partial charge >= 0.3 is 6.18 Å². The molecular weight excluding hydrogens is 425 g/mol. The second-order valence-electron chi connectivity index (χ2n) is 7.66. The standard InChI is InChI=1S/C21H21F3N6O2/c1-14-5-10-29(20(31)19-17(3-2-6-26-19)30-27-8-9-28-30)16(11-14)13-32-18-12-15(4-7-25-18)21(22,23)24/h2-4,6-9,12,14,16H,5,10-11,13H2,1H3/t14-,16-/m0/s1. The van der Waals surface area contributed by atoms with Crippen molar-refractivity contribution < 1.29 is 22.7 Å². The molecule has 2 atom stereocenters. The van der Waals surface area contributed by atoms with Crippen LogP contribution in [0.4, 0.5) is 13.2 Å². The fraction of sp³-hybridized carbons (Fsp3) is 0.381. The zero-order valence-electron chi connectivity index (χ0n) is 17.2. The Morgan fingerprint density at radius 2 is 1.94 bits per heavy atom.